The van der Waals surface area contributed by atoms with Crippen LogP contribution >= 0.6 is 0 Å². The molecule has 9 heteroatoms. The number of hydrogen-bond donors (Lipinski definition) is 0. The molecule has 1 aliphatic rings. The molecule has 0 aliphatic carbocycles. The average Bonchev–Trinajstić information content (AvgIpc) is 3.31. The van der Waals surface area contributed by atoms with Crippen LogP contribution in [0.1, 0.15) is 26.5 Å². The summed E-state index contributed by atoms with van der Waals surface area (Å²) in [6, 6.07) is 4.11. The maximum atomic E-state index is 4.80. The first kappa shape index (κ1) is 17.8. The van der Waals surface area contributed by atoms with E-state index >= 15 is 0 Å². The lowest BCUT2D eigenvalue weighted by atomic mass is 9.93. The van der Waals surface area contributed by atoms with Gasteiger partial charge < -0.3 is 14.4 Å². The average molecular weight is 391 g/mol. The van der Waals surface area contributed by atoms with Crippen molar-refractivity contribution < 1.29 is 0 Å². The van der Waals surface area contributed by atoms with Crippen LogP contribution in [-0.4, -0.2) is 60.3 Å². The third-order valence-corrected chi connectivity index (χ3v) is 5.46. The number of nitrogens with zero attached hydrogens (tertiary/aromatic N) is 9. The van der Waals surface area contributed by atoms with E-state index in [0.29, 0.717) is 0 Å². The van der Waals surface area contributed by atoms with Crippen LogP contribution in [0.15, 0.2) is 31.0 Å². The monoisotopic (exact) mass is 391 g/mol. The lowest BCUT2D eigenvalue weighted by Crippen LogP contribution is -2.47. The summed E-state index contributed by atoms with van der Waals surface area (Å²) in [4.78, 5) is 22.6. The van der Waals surface area contributed by atoms with Gasteiger partial charge in [-0.25, -0.2) is 24.5 Å². The van der Waals surface area contributed by atoms with E-state index in [1.165, 1.54) is 0 Å². The molecule has 4 aromatic heterocycles. The lowest BCUT2D eigenvalue weighted by molar-refractivity contribution is 0.572. The van der Waals surface area contributed by atoms with Gasteiger partial charge in [-0.3, -0.25) is 0 Å². The minimum atomic E-state index is 0.00778. The van der Waals surface area contributed by atoms with Gasteiger partial charge in [0.2, 0.25) is 0 Å². The molecule has 0 radical (unpaired) electrons. The second-order valence-electron chi connectivity index (χ2n) is 8.57. The first-order valence-corrected chi connectivity index (χ1v) is 9.89. The fourth-order valence-electron chi connectivity index (χ4n) is 3.71. The van der Waals surface area contributed by atoms with Crippen molar-refractivity contribution in [3.63, 3.8) is 0 Å². The highest BCUT2D eigenvalue weighted by Crippen LogP contribution is 2.25. The molecule has 0 bridgehead atoms. The Bertz CT molecular complexity index is 1180. The molecule has 0 spiro atoms. The Labute approximate surface area is 169 Å². The number of aryl methyl sites for hydroxylation is 1. The Balaban J connectivity index is 1.36. The third-order valence-electron chi connectivity index (χ3n) is 5.46. The summed E-state index contributed by atoms with van der Waals surface area (Å²) < 4.78 is 3.82. The summed E-state index contributed by atoms with van der Waals surface area (Å²) in [5.74, 6) is 1.88. The highest BCUT2D eigenvalue weighted by atomic mass is 15.4. The van der Waals surface area contributed by atoms with Crippen LogP contribution in [-0.2, 0) is 12.5 Å². The quantitative estimate of drug-likeness (QED) is 0.517. The zero-order valence-electron chi connectivity index (χ0n) is 17.2. The van der Waals surface area contributed by atoms with Gasteiger partial charge in [0.1, 0.15) is 12.1 Å². The van der Waals surface area contributed by atoms with Crippen molar-refractivity contribution in [2.24, 2.45) is 7.05 Å². The Morgan fingerprint density at radius 1 is 0.931 bits per heavy atom. The molecule has 0 unspecified atom stereocenters. The second-order valence-corrected chi connectivity index (χ2v) is 8.57. The van der Waals surface area contributed by atoms with Gasteiger partial charge >= 0.3 is 0 Å². The normalized spacial score (nSPS) is 15.6. The van der Waals surface area contributed by atoms with Gasteiger partial charge in [-0.15, -0.1) is 5.10 Å². The molecule has 5 rings (SSSR count). The molecule has 1 fully saturated rings. The zero-order valence-corrected chi connectivity index (χ0v) is 17.2. The SMILES string of the molecule is Cn1cnc2c(N3CCN(c4ccc5nc(C(C)(C)C)cn5n4)CC3)ncnc21. The minimum Gasteiger partial charge on any atom is -0.352 e. The molecule has 0 amide bonds. The van der Waals surface area contributed by atoms with Crippen LogP contribution < -0.4 is 9.80 Å². The van der Waals surface area contributed by atoms with Gasteiger partial charge in [-0.05, 0) is 12.1 Å². The topological polar surface area (TPSA) is 80.3 Å². The summed E-state index contributed by atoms with van der Waals surface area (Å²) in [5.41, 5.74) is 3.66. The van der Waals surface area contributed by atoms with Crippen molar-refractivity contribution >= 4 is 28.4 Å². The molecule has 0 saturated carbocycles. The van der Waals surface area contributed by atoms with E-state index in [1.54, 1.807) is 12.7 Å². The van der Waals surface area contributed by atoms with Crippen LogP contribution in [0.3, 0.4) is 0 Å². The zero-order chi connectivity index (χ0) is 20.2. The van der Waals surface area contributed by atoms with E-state index in [2.05, 4.69) is 51.6 Å². The number of piperazine rings is 1. The molecule has 1 saturated heterocycles. The molecule has 4 aromatic rings. The van der Waals surface area contributed by atoms with E-state index in [1.807, 2.05) is 28.4 Å². The van der Waals surface area contributed by atoms with E-state index in [9.17, 15) is 0 Å². The van der Waals surface area contributed by atoms with Gasteiger partial charge in [0.15, 0.2) is 22.6 Å². The van der Waals surface area contributed by atoms with Crippen molar-refractivity contribution in [1.82, 2.24) is 34.1 Å². The molecular formula is C20H25N9. The first-order valence-electron chi connectivity index (χ1n) is 9.89. The lowest BCUT2D eigenvalue weighted by Gasteiger charge is -2.35. The van der Waals surface area contributed by atoms with Gasteiger partial charge in [-0.2, -0.15) is 0 Å². The van der Waals surface area contributed by atoms with Gasteiger partial charge in [0.25, 0.3) is 0 Å². The van der Waals surface area contributed by atoms with E-state index < -0.39 is 0 Å². The van der Waals surface area contributed by atoms with Crippen LogP contribution in [0, 0.1) is 0 Å². The van der Waals surface area contributed by atoms with Gasteiger partial charge in [0.05, 0.1) is 18.2 Å². The Morgan fingerprint density at radius 3 is 2.45 bits per heavy atom. The molecule has 150 valence electrons. The van der Waals surface area contributed by atoms with Crippen LogP contribution in [0.4, 0.5) is 11.6 Å². The molecule has 5 heterocycles. The predicted molar refractivity (Wildman–Crippen MR) is 112 cm³/mol. The van der Waals surface area contributed by atoms with Crippen LogP contribution in [0.5, 0.6) is 0 Å². The summed E-state index contributed by atoms with van der Waals surface area (Å²) in [6.07, 6.45) is 5.44. The Hall–Kier alpha value is -3.23. The molecule has 9 nitrogen and oxygen atoms in total. The van der Waals surface area contributed by atoms with Crippen LogP contribution in [0.25, 0.3) is 16.8 Å². The highest BCUT2D eigenvalue weighted by molar-refractivity contribution is 5.83. The maximum absolute atomic E-state index is 4.80. The van der Waals surface area contributed by atoms with Crippen molar-refractivity contribution in [3.05, 3.63) is 36.7 Å². The molecule has 1 aliphatic heterocycles. The summed E-state index contributed by atoms with van der Waals surface area (Å²) in [7, 11) is 1.95. The van der Waals surface area contributed by atoms with E-state index in [0.717, 1.165) is 60.3 Å². The molecule has 0 aromatic carbocycles. The van der Waals surface area contributed by atoms with Gasteiger partial charge in [0, 0.05) is 38.6 Å². The molecule has 29 heavy (non-hydrogen) atoms. The van der Waals surface area contributed by atoms with E-state index in [-0.39, 0.29) is 5.41 Å². The fourth-order valence-corrected chi connectivity index (χ4v) is 3.71. The van der Waals surface area contributed by atoms with Crippen molar-refractivity contribution in [2.75, 3.05) is 36.0 Å². The molecule has 0 atom stereocenters. The maximum Gasteiger partial charge on any atom is 0.165 e. The number of anilines is 2. The number of fused-ring (bicyclic) bond motifs is 2. The number of imidazole rings is 2. The largest absolute Gasteiger partial charge is 0.352 e. The fraction of sp³-hybridized carbons (Fsp3) is 0.450. The first-order chi connectivity index (χ1) is 13.9. The Morgan fingerprint density at radius 2 is 1.69 bits per heavy atom. The molecule has 0 N–H and O–H groups in total. The molecular weight excluding hydrogens is 366 g/mol. The van der Waals surface area contributed by atoms with Gasteiger partial charge in [-0.1, -0.05) is 20.8 Å². The predicted octanol–water partition coefficient (Wildman–Crippen LogP) is 2.03. The summed E-state index contributed by atoms with van der Waals surface area (Å²) in [5, 5.41) is 4.80. The van der Waals surface area contributed by atoms with Crippen molar-refractivity contribution in [2.45, 2.75) is 26.2 Å². The van der Waals surface area contributed by atoms with Crippen molar-refractivity contribution in [3.8, 4) is 0 Å². The number of aromatic nitrogens is 7. The Kier molecular flexibility index (Phi) is 3.94. The highest BCUT2D eigenvalue weighted by Gasteiger charge is 2.23. The van der Waals surface area contributed by atoms with E-state index in [4.69, 9.17) is 10.1 Å². The number of rotatable bonds is 2. The van der Waals surface area contributed by atoms with Crippen molar-refractivity contribution in [1.29, 1.82) is 0 Å². The standard InChI is InChI=1S/C20H25N9/c1-20(2,3)14-11-29-15(24-14)5-6-16(25-29)27-7-9-28(10-8-27)19-17-18(21-12-22-19)26(4)13-23-17/h5-6,11-13H,7-10H2,1-4H3. The minimum absolute atomic E-state index is 0.00778. The third kappa shape index (κ3) is 3.06. The van der Waals surface area contributed by atoms with Crippen LogP contribution in [0.2, 0.25) is 0 Å². The summed E-state index contributed by atoms with van der Waals surface area (Å²) in [6.45, 7) is 9.97. The number of hydrogen-bond acceptors (Lipinski definition) is 7. The summed E-state index contributed by atoms with van der Waals surface area (Å²) >= 11 is 0. The second kappa shape index (κ2) is 6.40. The smallest absolute Gasteiger partial charge is 0.165 e.